The van der Waals surface area contributed by atoms with Gasteiger partial charge in [-0.2, -0.15) is 0 Å². The van der Waals surface area contributed by atoms with E-state index >= 15 is 0 Å². The number of hydrogen-bond donors (Lipinski definition) is 0. The van der Waals surface area contributed by atoms with E-state index in [0.29, 0.717) is 5.92 Å². The molecule has 0 unspecified atom stereocenters. The van der Waals surface area contributed by atoms with Crippen molar-refractivity contribution in [1.82, 2.24) is 9.97 Å². The Morgan fingerprint density at radius 3 is 1.89 bits per heavy atom. The van der Waals surface area contributed by atoms with Gasteiger partial charge in [-0.15, -0.1) is 0 Å². The van der Waals surface area contributed by atoms with Crippen molar-refractivity contribution in [2.45, 2.75) is 58.8 Å². The van der Waals surface area contributed by atoms with Gasteiger partial charge in [-0.3, -0.25) is 0 Å². The van der Waals surface area contributed by atoms with Crippen molar-refractivity contribution in [3.05, 3.63) is 95.3 Å². The van der Waals surface area contributed by atoms with E-state index in [2.05, 4.69) is 114 Å². The van der Waals surface area contributed by atoms with Crippen LogP contribution in [0.25, 0.3) is 44.1 Å². The number of nitrogens with zero attached hydrogens (tertiary/aromatic N) is 2. The topological polar surface area (TPSA) is 25.8 Å². The minimum Gasteiger partial charge on any atom is -0.232 e. The van der Waals surface area contributed by atoms with Crippen LogP contribution in [0.4, 0.5) is 0 Å². The SMILES string of the molecule is CC(C)c1nc2c(c(-c3ccc(C(C)C)c4ccccc34)n1)C(C)(C)c1cc3ccccc3cc1-2. The van der Waals surface area contributed by atoms with Crippen molar-refractivity contribution in [2.75, 3.05) is 0 Å². The average molecular weight is 457 g/mol. The first-order valence-electron chi connectivity index (χ1n) is 12.8. The van der Waals surface area contributed by atoms with Crippen LogP contribution in [-0.4, -0.2) is 9.97 Å². The molecule has 6 rings (SSSR count). The van der Waals surface area contributed by atoms with Crippen LogP contribution in [-0.2, 0) is 5.41 Å². The van der Waals surface area contributed by atoms with E-state index < -0.39 is 0 Å². The molecule has 1 aliphatic rings. The summed E-state index contributed by atoms with van der Waals surface area (Å²) in [5.74, 6) is 1.62. The Labute approximate surface area is 208 Å². The van der Waals surface area contributed by atoms with Crippen molar-refractivity contribution in [1.29, 1.82) is 0 Å². The number of hydrogen-bond acceptors (Lipinski definition) is 2. The van der Waals surface area contributed by atoms with Gasteiger partial charge in [0.1, 0.15) is 5.82 Å². The Morgan fingerprint density at radius 2 is 1.23 bits per heavy atom. The fourth-order valence-electron chi connectivity index (χ4n) is 5.84. The van der Waals surface area contributed by atoms with Crippen LogP contribution in [0.2, 0.25) is 0 Å². The molecule has 0 saturated heterocycles. The molecule has 1 heterocycles. The van der Waals surface area contributed by atoms with Gasteiger partial charge in [0.2, 0.25) is 0 Å². The number of benzene rings is 4. The van der Waals surface area contributed by atoms with Gasteiger partial charge in [0, 0.05) is 28.0 Å². The molecule has 4 aromatic carbocycles. The molecule has 0 bridgehead atoms. The fourth-order valence-corrected chi connectivity index (χ4v) is 5.84. The lowest BCUT2D eigenvalue weighted by atomic mass is 9.79. The first-order chi connectivity index (χ1) is 16.8. The first kappa shape index (κ1) is 22.0. The molecule has 0 radical (unpaired) electrons. The molecule has 2 heteroatoms. The zero-order valence-corrected chi connectivity index (χ0v) is 21.5. The average Bonchev–Trinajstić information content (AvgIpc) is 3.07. The Kier molecular flexibility index (Phi) is 4.86. The molecule has 1 aliphatic carbocycles. The van der Waals surface area contributed by atoms with Crippen LogP contribution in [0, 0.1) is 0 Å². The van der Waals surface area contributed by atoms with Gasteiger partial charge in [-0.1, -0.05) is 102 Å². The molecule has 174 valence electrons. The zero-order valence-electron chi connectivity index (χ0n) is 21.5. The zero-order chi connectivity index (χ0) is 24.5. The van der Waals surface area contributed by atoms with Gasteiger partial charge in [0.05, 0.1) is 11.4 Å². The van der Waals surface area contributed by atoms with E-state index in [-0.39, 0.29) is 11.3 Å². The normalized spacial score (nSPS) is 14.2. The predicted molar refractivity (Wildman–Crippen MR) is 148 cm³/mol. The van der Waals surface area contributed by atoms with Gasteiger partial charge < -0.3 is 0 Å². The molecule has 0 fully saturated rings. The lowest BCUT2D eigenvalue weighted by molar-refractivity contribution is 0.653. The monoisotopic (exact) mass is 456 g/mol. The molecule has 0 atom stereocenters. The summed E-state index contributed by atoms with van der Waals surface area (Å²) in [6.45, 7) is 13.6. The molecule has 0 aliphatic heterocycles. The van der Waals surface area contributed by atoms with Gasteiger partial charge in [-0.25, -0.2) is 9.97 Å². The summed E-state index contributed by atoms with van der Waals surface area (Å²) in [6.07, 6.45) is 0. The van der Waals surface area contributed by atoms with Crippen molar-refractivity contribution >= 4 is 21.5 Å². The summed E-state index contributed by atoms with van der Waals surface area (Å²) >= 11 is 0. The van der Waals surface area contributed by atoms with Crippen LogP contribution in [0.15, 0.2) is 72.8 Å². The van der Waals surface area contributed by atoms with Crippen LogP contribution in [0.3, 0.4) is 0 Å². The van der Waals surface area contributed by atoms with E-state index in [1.165, 1.54) is 49.4 Å². The maximum atomic E-state index is 5.28. The fraction of sp³-hybridized carbons (Fsp3) is 0.273. The molecular formula is C33H32N2. The molecule has 1 aromatic heterocycles. The molecular weight excluding hydrogens is 424 g/mol. The Morgan fingerprint density at radius 1 is 0.629 bits per heavy atom. The van der Waals surface area contributed by atoms with Crippen molar-refractivity contribution < 1.29 is 0 Å². The number of fused-ring (bicyclic) bond motifs is 5. The highest BCUT2D eigenvalue weighted by Crippen LogP contribution is 2.52. The standard InChI is InChI=1S/C33H32N2/c1-19(2)23-15-16-26(25-14-10-9-13-24(23)25)30-29-31(35-32(34-30)20(3)4)27-17-21-11-7-8-12-22(21)18-28(27)33(29,5)6/h7-20H,1-6H3. The second-order valence-electron chi connectivity index (χ2n) is 11.1. The summed E-state index contributed by atoms with van der Waals surface area (Å²) in [7, 11) is 0. The smallest absolute Gasteiger partial charge is 0.132 e. The third kappa shape index (κ3) is 3.23. The highest BCUT2D eigenvalue weighted by molar-refractivity contribution is 6.01. The minimum atomic E-state index is -0.197. The summed E-state index contributed by atoms with van der Waals surface area (Å²) in [5, 5.41) is 5.12. The van der Waals surface area contributed by atoms with E-state index in [0.717, 1.165) is 17.2 Å². The molecule has 0 spiro atoms. The van der Waals surface area contributed by atoms with E-state index in [1.54, 1.807) is 0 Å². The third-order valence-corrected chi connectivity index (χ3v) is 7.72. The second kappa shape index (κ2) is 7.75. The largest absolute Gasteiger partial charge is 0.232 e. The minimum absolute atomic E-state index is 0.197. The van der Waals surface area contributed by atoms with Crippen LogP contribution < -0.4 is 0 Å². The van der Waals surface area contributed by atoms with Gasteiger partial charge in [-0.05, 0) is 50.7 Å². The highest BCUT2D eigenvalue weighted by Gasteiger charge is 2.40. The molecule has 35 heavy (non-hydrogen) atoms. The third-order valence-electron chi connectivity index (χ3n) is 7.72. The maximum Gasteiger partial charge on any atom is 0.132 e. The van der Waals surface area contributed by atoms with Gasteiger partial charge >= 0.3 is 0 Å². The number of aromatic nitrogens is 2. The molecule has 0 amide bonds. The summed E-state index contributed by atoms with van der Waals surface area (Å²) in [6, 6.07) is 26.7. The lowest BCUT2D eigenvalue weighted by Gasteiger charge is -2.25. The Hall–Kier alpha value is -3.52. The quantitative estimate of drug-likeness (QED) is 0.271. The summed E-state index contributed by atoms with van der Waals surface area (Å²) in [5.41, 5.74) is 8.40. The van der Waals surface area contributed by atoms with E-state index in [9.17, 15) is 0 Å². The summed E-state index contributed by atoms with van der Waals surface area (Å²) in [4.78, 5) is 10.5. The van der Waals surface area contributed by atoms with Crippen molar-refractivity contribution in [3.8, 4) is 22.5 Å². The lowest BCUT2D eigenvalue weighted by Crippen LogP contribution is -2.18. The van der Waals surface area contributed by atoms with E-state index in [1.807, 2.05) is 0 Å². The van der Waals surface area contributed by atoms with E-state index in [4.69, 9.17) is 9.97 Å². The molecule has 2 nitrogen and oxygen atoms in total. The number of rotatable bonds is 3. The Bertz CT molecular complexity index is 1620. The molecule has 0 N–H and O–H groups in total. The van der Waals surface area contributed by atoms with Crippen LogP contribution in [0.5, 0.6) is 0 Å². The highest BCUT2D eigenvalue weighted by atomic mass is 14.9. The van der Waals surface area contributed by atoms with Crippen LogP contribution in [0.1, 0.15) is 75.9 Å². The van der Waals surface area contributed by atoms with Gasteiger partial charge in [0.15, 0.2) is 0 Å². The predicted octanol–water partition coefficient (Wildman–Crippen LogP) is 9.00. The molecule has 0 saturated carbocycles. The van der Waals surface area contributed by atoms with Crippen molar-refractivity contribution in [3.63, 3.8) is 0 Å². The van der Waals surface area contributed by atoms with Crippen molar-refractivity contribution in [2.24, 2.45) is 0 Å². The van der Waals surface area contributed by atoms with Crippen LogP contribution >= 0.6 is 0 Å². The maximum absolute atomic E-state index is 5.28. The summed E-state index contributed by atoms with van der Waals surface area (Å²) < 4.78 is 0. The van der Waals surface area contributed by atoms with Gasteiger partial charge in [0.25, 0.3) is 0 Å². The second-order valence-corrected chi connectivity index (χ2v) is 11.1. The first-order valence-corrected chi connectivity index (χ1v) is 12.8. The molecule has 5 aromatic rings. The Balaban J connectivity index is 1.72.